The van der Waals surface area contributed by atoms with Crippen molar-refractivity contribution in [2.24, 2.45) is 0 Å². The molecule has 0 saturated heterocycles. The van der Waals surface area contributed by atoms with Crippen molar-refractivity contribution in [3.63, 3.8) is 0 Å². The van der Waals surface area contributed by atoms with Gasteiger partial charge in [0.2, 0.25) is 0 Å². The molecule has 0 atom stereocenters. The van der Waals surface area contributed by atoms with Gasteiger partial charge in [0, 0.05) is 10.7 Å². The fraction of sp³-hybridized carbons (Fsp3) is 0.286. The maximum atomic E-state index is 12.6. The summed E-state index contributed by atoms with van der Waals surface area (Å²) in [6.07, 6.45) is -2.18. The number of rotatable bonds is 3. The van der Waals surface area contributed by atoms with Crippen LogP contribution >= 0.6 is 22.3 Å². The molecule has 0 radical (unpaired) electrons. The van der Waals surface area contributed by atoms with Gasteiger partial charge in [-0.15, -0.1) is 0 Å². The van der Waals surface area contributed by atoms with E-state index in [0.717, 1.165) is 13.3 Å². The molecule has 0 aliphatic carbocycles. The highest BCUT2D eigenvalue weighted by Crippen LogP contribution is 2.38. The van der Waals surface area contributed by atoms with E-state index in [1.807, 2.05) is 0 Å². The first kappa shape index (κ1) is 13.4. The zero-order valence-electron chi connectivity index (χ0n) is 7.75. The monoisotopic (exact) mass is 291 g/mol. The molecule has 1 aromatic heterocycles. The van der Waals surface area contributed by atoms with Crippen LogP contribution in [0.4, 0.5) is 8.78 Å². The summed E-state index contributed by atoms with van der Waals surface area (Å²) in [6.45, 7) is 0. The molecular weight excluding hydrogens is 287 g/mol. The first-order valence-electron chi connectivity index (χ1n) is 3.74. The first-order chi connectivity index (χ1) is 7.29. The summed E-state index contributed by atoms with van der Waals surface area (Å²) in [7, 11) is 1.83. The van der Waals surface area contributed by atoms with Crippen molar-refractivity contribution in [3.05, 3.63) is 16.8 Å². The van der Waals surface area contributed by atoms with Gasteiger partial charge in [-0.3, -0.25) is 0 Å². The van der Waals surface area contributed by atoms with Crippen LogP contribution < -0.4 is 4.74 Å². The van der Waals surface area contributed by atoms with Gasteiger partial charge in [0.15, 0.2) is 5.03 Å². The molecular formula is C7H5Cl2F2NO3S. The highest BCUT2D eigenvalue weighted by molar-refractivity contribution is 8.13. The van der Waals surface area contributed by atoms with Crippen molar-refractivity contribution in [3.8, 4) is 5.75 Å². The third-order valence-electron chi connectivity index (χ3n) is 1.66. The number of aromatic nitrogens is 1. The number of methoxy groups -OCH3 is 1. The Labute approximate surface area is 99.6 Å². The third-order valence-corrected chi connectivity index (χ3v) is 3.36. The number of hydrogen-bond acceptors (Lipinski definition) is 4. The molecule has 0 bridgehead atoms. The first-order valence-corrected chi connectivity index (χ1v) is 6.43. The SMILES string of the molecule is COc1cnc(S(=O)(=O)Cl)c(Cl)c1C(F)F. The molecule has 1 rings (SSSR count). The number of halogens is 4. The third kappa shape index (κ3) is 2.53. The Bertz CT molecular complexity index is 507. The van der Waals surface area contributed by atoms with Gasteiger partial charge in [-0.2, -0.15) is 0 Å². The summed E-state index contributed by atoms with van der Waals surface area (Å²) in [5.74, 6) is -0.302. The highest BCUT2D eigenvalue weighted by atomic mass is 35.7. The van der Waals surface area contributed by atoms with E-state index >= 15 is 0 Å². The summed E-state index contributed by atoms with van der Waals surface area (Å²) in [5.41, 5.74) is -0.751. The Kier molecular flexibility index (Phi) is 3.92. The van der Waals surface area contributed by atoms with Gasteiger partial charge in [-0.25, -0.2) is 22.2 Å². The fourth-order valence-corrected chi connectivity index (χ4v) is 2.50. The van der Waals surface area contributed by atoms with E-state index in [-0.39, 0.29) is 5.75 Å². The largest absolute Gasteiger partial charge is 0.495 e. The molecule has 16 heavy (non-hydrogen) atoms. The van der Waals surface area contributed by atoms with Crippen LogP contribution in [0.3, 0.4) is 0 Å². The average molecular weight is 292 g/mol. The topological polar surface area (TPSA) is 56.3 Å². The Balaban J connectivity index is 3.57. The summed E-state index contributed by atoms with van der Waals surface area (Å²) in [6, 6.07) is 0. The van der Waals surface area contributed by atoms with Crippen molar-refractivity contribution in [1.82, 2.24) is 4.98 Å². The van der Waals surface area contributed by atoms with Gasteiger partial charge in [0.1, 0.15) is 5.75 Å². The summed E-state index contributed by atoms with van der Waals surface area (Å²) < 4.78 is 51.7. The van der Waals surface area contributed by atoms with E-state index < -0.39 is 31.1 Å². The minimum absolute atomic E-state index is 0.302. The maximum Gasteiger partial charge on any atom is 0.280 e. The van der Waals surface area contributed by atoms with Crippen LogP contribution in [0.25, 0.3) is 0 Å². The summed E-state index contributed by atoms with van der Waals surface area (Å²) in [4.78, 5) is 3.35. The van der Waals surface area contributed by atoms with E-state index in [0.29, 0.717) is 0 Å². The van der Waals surface area contributed by atoms with Crippen molar-refractivity contribution >= 4 is 31.3 Å². The molecule has 9 heteroatoms. The highest BCUT2D eigenvalue weighted by Gasteiger charge is 2.26. The number of nitrogens with zero attached hydrogens (tertiary/aromatic N) is 1. The average Bonchev–Trinajstić information content (AvgIpc) is 2.14. The van der Waals surface area contributed by atoms with Crippen molar-refractivity contribution in [1.29, 1.82) is 0 Å². The lowest BCUT2D eigenvalue weighted by atomic mass is 10.2. The molecule has 0 fully saturated rings. The van der Waals surface area contributed by atoms with E-state index in [4.69, 9.17) is 22.3 Å². The maximum absolute atomic E-state index is 12.6. The number of ether oxygens (including phenoxy) is 1. The van der Waals surface area contributed by atoms with Gasteiger partial charge < -0.3 is 4.74 Å². The number of pyridine rings is 1. The predicted molar refractivity (Wildman–Crippen MR) is 53.8 cm³/mol. The van der Waals surface area contributed by atoms with E-state index in [1.165, 1.54) is 0 Å². The lowest BCUT2D eigenvalue weighted by Crippen LogP contribution is -2.02. The van der Waals surface area contributed by atoms with Crippen LogP contribution in [0.1, 0.15) is 12.0 Å². The molecule has 0 aliphatic rings. The standard InChI is InChI=1S/C7H5Cl2F2NO3S/c1-15-3-2-12-7(16(9,13)14)5(8)4(3)6(10)11/h2,6H,1H3. The van der Waals surface area contributed by atoms with Crippen LogP contribution in [-0.2, 0) is 9.05 Å². The molecule has 0 saturated carbocycles. The minimum atomic E-state index is -4.27. The minimum Gasteiger partial charge on any atom is -0.495 e. The second-order valence-corrected chi connectivity index (χ2v) is 5.46. The van der Waals surface area contributed by atoms with E-state index in [9.17, 15) is 17.2 Å². The fourth-order valence-electron chi connectivity index (χ4n) is 1.00. The molecule has 0 aromatic carbocycles. The van der Waals surface area contributed by atoms with Gasteiger partial charge in [0.05, 0.1) is 23.9 Å². The summed E-state index contributed by atoms with van der Waals surface area (Å²) >= 11 is 5.49. The Morgan fingerprint density at radius 1 is 1.50 bits per heavy atom. The van der Waals surface area contributed by atoms with Crippen LogP contribution in [0, 0.1) is 0 Å². The van der Waals surface area contributed by atoms with Crippen LogP contribution in [-0.4, -0.2) is 20.5 Å². The second-order valence-electron chi connectivity index (χ2n) is 2.60. The van der Waals surface area contributed by atoms with Gasteiger partial charge >= 0.3 is 0 Å². The van der Waals surface area contributed by atoms with E-state index in [2.05, 4.69) is 9.72 Å². The second kappa shape index (κ2) is 4.68. The molecule has 1 aromatic rings. The van der Waals surface area contributed by atoms with Gasteiger partial charge in [-0.05, 0) is 0 Å². The van der Waals surface area contributed by atoms with Gasteiger partial charge in [-0.1, -0.05) is 11.6 Å². The van der Waals surface area contributed by atoms with Crippen LogP contribution in [0.2, 0.25) is 5.02 Å². The molecule has 4 nitrogen and oxygen atoms in total. The molecule has 1 heterocycles. The lowest BCUT2D eigenvalue weighted by Gasteiger charge is -2.10. The Morgan fingerprint density at radius 3 is 2.44 bits per heavy atom. The zero-order valence-corrected chi connectivity index (χ0v) is 10.1. The number of hydrogen-bond donors (Lipinski definition) is 0. The van der Waals surface area contributed by atoms with Crippen molar-refractivity contribution in [2.45, 2.75) is 11.5 Å². The molecule has 90 valence electrons. The molecule has 0 aliphatic heterocycles. The molecule has 0 spiro atoms. The van der Waals surface area contributed by atoms with Crippen LogP contribution in [0.15, 0.2) is 11.2 Å². The lowest BCUT2D eigenvalue weighted by molar-refractivity contribution is 0.146. The van der Waals surface area contributed by atoms with E-state index in [1.54, 1.807) is 0 Å². The van der Waals surface area contributed by atoms with Crippen LogP contribution in [0.5, 0.6) is 5.75 Å². The smallest absolute Gasteiger partial charge is 0.280 e. The summed E-state index contributed by atoms with van der Waals surface area (Å²) in [5, 5.41) is -1.55. The number of alkyl halides is 2. The quantitative estimate of drug-likeness (QED) is 0.803. The molecule has 0 amide bonds. The molecule has 0 N–H and O–H groups in total. The van der Waals surface area contributed by atoms with Crippen molar-refractivity contribution < 1.29 is 21.9 Å². The normalized spacial score (nSPS) is 11.9. The Hall–Kier alpha value is -0.660. The molecule has 0 unspecified atom stereocenters. The van der Waals surface area contributed by atoms with Crippen molar-refractivity contribution in [2.75, 3.05) is 7.11 Å². The van der Waals surface area contributed by atoms with Gasteiger partial charge in [0.25, 0.3) is 15.5 Å². The zero-order chi connectivity index (χ0) is 12.5. The Morgan fingerprint density at radius 2 is 2.06 bits per heavy atom. The predicted octanol–water partition coefficient (Wildman–Crippen LogP) is 2.61.